The van der Waals surface area contributed by atoms with Crippen molar-refractivity contribution in [2.24, 2.45) is 5.73 Å². The third-order valence-electron chi connectivity index (χ3n) is 5.02. The first kappa shape index (κ1) is 17.5. The molecule has 0 bridgehead atoms. The van der Waals surface area contributed by atoms with Gasteiger partial charge in [0.1, 0.15) is 5.82 Å². The van der Waals surface area contributed by atoms with E-state index in [9.17, 15) is 0 Å². The summed E-state index contributed by atoms with van der Waals surface area (Å²) in [5, 5.41) is 1.10. The quantitative estimate of drug-likeness (QED) is 0.678. The fraction of sp³-hybridized carbons (Fsp3) is 0.300. The Hall–Kier alpha value is -1.88. The Morgan fingerprint density at radius 3 is 2.62 bits per heavy atom. The summed E-state index contributed by atoms with van der Waals surface area (Å²) < 4.78 is 0. The fourth-order valence-corrected chi connectivity index (χ4v) is 3.70. The van der Waals surface area contributed by atoms with Crippen molar-refractivity contribution >= 4 is 40.1 Å². The molecule has 1 saturated heterocycles. The van der Waals surface area contributed by atoms with Crippen molar-refractivity contribution in [3.8, 4) is 11.1 Å². The first-order valence-electron chi connectivity index (χ1n) is 8.68. The van der Waals surface area contributed by atoms with Crippen LogP contribution in [0, 0.1) is 0 Å². The predicted molar refractivity (Wildman–Crippen MR) is 109 cm³/mol. The number of hydrogen-bond donors (Lipinski definition) is 1. The van der Waals surface area contributed by atoms with Gasteiger partial charge in [-0.1, -0.05) is 41.4 Å². The standard InChI is InChI=1S/C20H20Cl2N4/c1-20(23)7-9-26(10-8-20)18-12-24-17-11-13(5-6-16(17)25-18)14-3-2-4-15(21)19(14)22/h2-6,11-12H,7-10,23H2,1H3. The van der Waals surface area contributed by atoms with Gasteiger partial charge in [0, 0.05) is 24.2 Å². The first-order chi connectivity index (χ1) is 12.4. The van der Waals surface area contributed by atoms with Crippen molar-refractivity contribution < 1.29 is 0 Å². The van der Waals surface area contributed by atoms with Crippen LogP contribution in [-0.2, 0) is 0 Å². The van der Waals surface area contributed by atoms with Gasteiger partial charge in [0.15, 0.2) is 0 Å². The summed E-state index contributed by atoms with van der Waals surface area (Å²) in [6.45, 7) is 3.92. The van der Waals surface area contributed by atoms with Crippen LogP contribution in [0.4, 0.5) is 5.82 Å². The number of rotatable bonds is 2. The van der Waals surface area contributed by atoms with Crippen LogP contribution in [0.5, 0.6) is 0 Å². The molecule has 2 heterocycles. The van der Waals surface area contributed by atoms with Crippen LogP contribution in [0.25, 0.3) is 22.2 Å². The van der Waals surface area contributed by atoms with Crippen LogP contribution in [-0.4, -0.2) is 28.6 Å². The summed E-state index contributed by atoms with van der Waals surface area (Å²) in [5.74, 6) is 0.904. The average molecular weight is 387 g/mol. The van der Waals surface area contributed by atoms with Crippen molar-refractivity contribution in [1.29, 1.82) is 0 Å². The van der Waals surface area contributed by atoms with Crippen LogP contribution < -0.4 is 10.6 Å². The molecule has 1 aliphatic rings. The predicted octanol–water partition coefficient (Wildman–Crippen LogP) is 4.92. The zero-order valence-electron chi connectivity index (χ0n) is 14.5. The van der Waals surface area contributed by atoms with Crippen LogP contribution in [0.3, 0.4) is 0 Å². The van der Waals surface area contributed by atoms with Crippen molar-refractivity contribution in [1.82, 2.24) is 9.97 Å². The minimum atomic E-state index is -0.0775. The molecular formula is C20H20Cl2N4. The number of piperidine rings is 1. The molecule has 4 nitrogen and oxygen atoms in total. The fourth-order valence-electron chi connectivity index (χ4n) is 3.29. The molecule has 3 aromatic rings. The molecule has 0 radical (unpaired) electrons. The summed E-state index contributed by atoms with van der Waals surface area (Å²) >= 11 is 12.5. The highest BCUT2D eigenvalue weighted by Crippen LogP contribution is 2.34. The average Bonchev–Trinajstić information content (AvgIpc) is 2.63. The Labute approximate surface area is 162 Å². The Bertz CT molecular complexity index is 961. The number of aromatic nitrogens is 2. The van der Waals surface area contributed by atoms with Crippen molar-refractivity contribution in [2.75, 3.05) is 18.0 Å². The Balaban J connectivity index is 1.66. The minimum Gasteiger partial charge on any atom is -0.355 e. The van der Waals surface area contributed by atoms with E-state index >= 15 is 0 Å². The molecule has 2 aromatic carbocycles. The monoisotopic (exact) mass is 386 g/mol. The van der Waals surface area contributed by atoms with Crippen molar-refractivity contribution in [3.63, 3.8) is 0 Å². The number of fused-ring (bicyclic) bond motifs is 1. The summed E-state index contributed by atoms with van der Waals surface area (Å²) in [6.07, 6.45) is 3.75. The van der Waals surface area contributed by atoms with Crippen molar-refractivity contribution in [3.05, 3.63) is 52.6 Å². The van der Waals surface area contributed by atoms with Crippen LogP contribution >= 0.6 is 23.2 Å². The lowest BCUT2D eigenvalue weighted by molar-refractivity contribution is 0.363. The highest BCUT2D eigenvalue weighted by atomic mass is 35.5. The maximum Gasteiger partial charge on any atom is 0.147 e. The minimum absolute atomic E-state index is 0.0775. The Kier molecular flexibility index (Phi) is 4.51. The lowest BCUT2D eigenvalue weighted by atomic mass is 9.91. The van der Waals surface area contributed by atoms with E-state index in [2.05, 4.69) is 16.8 Å². The number of anilines is 1. The summed E-state index contributed by atoms with van der Waals surface area (Å²) in [5.41, 5.74) is 9.71. The molecule has 26 heavy (non-hydrogen) atoms. The maximum atomic E-state index is 6.34. The second-order valence-corrected chi connectivity index (χ2v) is 7.96. The number of hydrogen-bond acceptors (Lipinski definition) is 4. The molecule has 2 N–H and O–H groups in total. The third kappa shape index (κ3) is 3.37. The Morgan fingerprint density at radius 1 is 1.08 bits per heavy atom. The Morgan fingerprint density at radius 2 is 1.85 bits per heavy atom. The van der Waals surface area contributed by atoms with Gasteiger partial charge in [0.05, 0.1) is 27.3 Å². The highest BCUT2D eigenvalue weighted by Gasteiger charge is 2.26. The van der Waals surface area contributed by atoms with Gasteiger partial charge < -0.3 is 10.6 Å². The van der Waals surface area contributed by atoms with Crippen LogP contribution in [0.15, 0.2) is 42.6 Å². The van der Waals surface area contributed by atoms with Gasteiger partial charge >= 0.3 is 0 Å². The third-order valence-corrected chi connectivity index (χ3v) is 5.84. The van der Waals surface area contributed by atoms with E-state index in [1.54, 1.807) is 6.07 Å². The zero-order valence-corrected chi connectivity index (χ0v) is 16.1. The topological polar surface area (TPSA) is 55.0 Å². The van der Waals surface area contributed by atoms with E-state index in [0.717, 1.165) is 53.9 Å². The largest absolute Gasteiger partial charge is 0.355 e. The SMILES string of the molecule is CC1(N)CCN(c2cnc3cc(-c4cccc(Cl)c4Cl)ccc3n2)CC1. The van der Waals surface area contributed by atoms with E-state index in [1.165, 1.54) is 0 Å². The number of halogens is 2. The number of nitrogens with zero attached hydrogens (tertiary/aromatic N) is 3. The summed E-state index contributed by atoms with van der Waals surface area (Å²) in [6, 6.07) is 11.6. The van der Waals surface area contributed by atoms with E-state index in [1.807, 2.05) is 36.5 Å². The molecule has 134 valence electrons. The van der Waals surface area contributed by atoms with Gasteiger partial charge in [0.25, 0.3) is 0 Å². The first-order valence-corrected chi connectivity index (χ1v) is 9.44. The molecular weight excluding hydrogens is 367 g/mol. The molecule has 0 spiro atoms. The molecule has 0 atom stereocenters. The number of nitrogens with two attached hydrogens (primary N) is 1. The van der Waals surface area contributed by atoms with Gasteiger partial charge in [-0.2, -0.15) is 0 Å². The van der Waals surface area contributed by atoms with Gasteiger partial charge in [0.2, 0.25) is 0 Å². The van der Waals surface area contributed by atoms with Crippen LogP contribution in [0.1, 0.15) is 19.8 Å². The molecule has 0 amide bonds. The smallest absolute Gasteiger partial charge is 0.147 e. The van der Waals surface area contributed by atoms with E-state index in [-0.39, 0.29) is 5.54 Å². The highest BCUT2D eigenvalue weighted by molar-refractivity contribution is 6.43. The van der Waals surface area contributed by atoms with E-state index in [0.29, 0.717) is 10.0 Å². The molecule has 0 aliphatic carbocycles. The molecule has 4 rings (SSSR count). The van der Waals surface area contributed by atoms with Crippen LogP contribution in [0.2, 0.25) is 10.0 Å². The molecule has 1 aromatic heterocycles. The van der Waals surface area contributed by atoms with E-state index in [4.69, 9.17) is 33.9 Å². The zero-order chi connectivity index (χ0) is 18.3. The molecule has 1 fully saturated rings. The second-order valence-electron chi connectivity index (χ2n) is 7.17. The molecule has 6 heteroatoms. The molecule has 0 unspecified atom stereocenters. The van der Waals surface area contributed by atoms with E-state index < -0.39 is 0 Å². The normalized spacial score (nSPS) is 16.8. The second kappa shape index (κ2) is 6.69. The van der Waals surface area contributed by atoms with Gasteiger partial charge in [-0.05, 0) is 43.5 Å². The van der Waals surface area contributed by atoms with Gasteiger partial charge in [-0.15, -0.1) is 0 Å². The van der Waals surface area contributed by atoms with Gasteiger partial charge in [-0.25, -0.2) is 4.98 Å². The van der Waals surface area contributed by atoms with Crippen molar-refractivity contribution in [2.45, 2.75) is 25.3 Å². The maximum absolute atomic E-state index is 6.34. The summed E-state index contributed by atoms with van der Waals surface area (Å²) in [7, 11) is 0. The molecule has 1 aliphatic heterocycles. The van der Waals surface area contributed by atoms with Gasteiger partial charge in [-0.3, -0.25) is 4.98 Å². The lowest BCUT2D eigenvalue weighted by Crippen LogP contribution is -2.48. The lowest BCUT2D eigenvalue weighted by Gasteiger charge is -2.37. The number of benzene rings is 2. The summed E-state index contributed by atoms with van der Waals surface area (Å²) in [4.78, 5) is 11.7. The molecule has 0 saturated carbocycles.